The molecule has 0 aromatic carbocycles. The lowest BCUT2D eigenvalue weighted by Crippen LogP contribution is -2.33. The molecule has 0 aliphatic carbocycles. The van der Waals surface area contributed by atoms with Crippen LogP contribution in [0.15, 0.2) is 12.2 Å². The fourth-order valence-corrected chi connectivity index (χ4v) is 3.20. The van der Waals surface area contributed by atoms with Crippen molar-refractivity contribution in [3.8, 4) is 0 Å². The molecular weight excluding hydrogens is 352 g/mol. The molecule has 0 aromatic heterocycles. The molecule has 1 unspecified atom stereocenters. The normalized spacial score (nSPS) is 12.6. The van der Waals surface area contributed by atoms with Crippen LogP contribution in [0.3, 0.4) is 0 Å². The average Bonchev–Trinajstić information content (AvgIpc) is 2.64. The zero-order chi connectivity index (χ0) is 21.0. The Hall–Kier alpha value is -1.36. The summed E-state index contributed by atoms with van der Waals surface area (Å²) in [5, 5.41) is 11.9. The SMILES string of the molecule is CCCCCCCCCCC/C=C/CC(CC(=O)O)C(=O)NCCCN(C)C. The molecule has 28 heavy (non-hydrogen) atoms. The maximum Gasteiger partial charge on any atom is 0.304 e. The molecule has 5 heteroatoms. The van der Waals surface area contributed by atoms with E-state index in [2.05, 4.69) is 23.2 Å². The van der Waals surface area contributed by atoms with Gasteiger partial charge < -0.3 is 15.3 Å². The monoisotopic (exact) mass is 396 g/mol. The number of amides is 1. The molecule has 0 rings (SSSR count). The van der Waals surface area contributed by atoms with Crippen LogP contribution in [0.4, 0.5) is 0 Å². The van der Waals surface area contributed by atoms with Gasteiger partial charge in [-0.1, -0.05) is 70.4 Å². The van der Waals surface area contributed by atoms with E-state index in [0.717, 1.165) is 19.4 Å². The van der Waals surface area contributed by atoms with E-state index in [0.29, 0.717) is 13.0 Å². The third-order valence-electron chi connectivity index (χ3n) is 4.93. The van der Waals surface area contributed by atoms with Gasteiger partial charge >= 0.3 is 5.97 Å². The number of unbranched alkanes of at least 4 members (excludes halogenated alkanes) is 9. The van der Waals surface area contributed by atoms with Crippen molar-refractivity contribution in [2.45, 2.75) is 90.4 Å². The Morgan fingerprint density at radius 2 is 1.54 bits per heavy atom. The summed E-state index contributed by atoms with van der Waals surface area (Å²) in [7, 11) is 3.99. The number of nitrogens with one attached hydrogen (secondary N) is 1. The zero-order valence-electron chi connectivity index (χ0n) is 18.5. The van der Waals surface area contributed by atoms with E-state index in [4.69, 9.17) is 5.11 Å². The van der Waals surface area contributed by atoms with Crippen LogP contribution in [0.5, 0.6) is 0 Å². The Morgan fingerprint density at radius 3 is 2.11 bits per heavy atom. The lowest BCUT2D eigenvalue weighted by molar-refractivity contribution is -0.141. The molecule has 1 atom stereocenters. The van der Waals surface area contributed by atoms with Crippen LogP contribution >= 0.6 is 0 Å². The third-order valence-corrected chi connectivity index (χ3v) is 4.93. The molecule has 2 N–H and O–H groups in total. The number of carboxylic acid groups (broad SMARTS) is 1. The van der Waals surface area contributed by atoms with Crippen molar-refractivity contribution in [3.05, 3.63) is 12.2 Å². The number of allylic oxidation sites excluding steroid dienone is 2. The minimum atomic E-state index is -0.916. The van der Waals surface area contributed by atoms with Gasteiger partial charge in [0, 0.05) is 6.54 Å². The highest BCUT2D eigenvalue weighted by molar-refractivity contribution is 5.83. The summed E-state index contributed by atoms with van der Waals surface area (Å²) in [6, 6.07) is 0. The Labute approximate surface area is 173 Å². The molecular formula is C23H44N2O3. The number of rotatable bonds is 19. The summed E-state index contributed by atoms with van der Waals surface area (Å²) in [5.74, 6) is -1.54. The first-order chi connectivity index (χ1) is 13.5. The predicted molar refractivity (Wildman–Crippen MR) is 118 cm³/mol. The van der Waals surface area contributed by atoms with Crippen LogP contribution in [0, 0.1) is 5.92 Å². The summed E-state index contributed by atoms with van der Waals surface area (Å²) in [4.78, 5) is 25.3. The van der Waals surface area contributed by atoms with Crippen LogP contribution in [0.25, 0.3) is 0 Å². The first-order valence-corrected chi connectivity index (χ1v) is 11.3. The van der Waals surface area contributed by atoms with Crippen molar-refractivity contribution in [1.29, 1.82) is 0 Å². The summed E-state index contributed by atoms with van der Waals surface area (Å²) >= 11 is 0. The van der Waals surface area contributed by atoms with E-state index in [9.17, 15) is 9.59 Å². The van der Waals surface area contributed by atoms with Crippen LogP contribution in [-0.2, 0) is 9.59 Å². The Morgan fingerprint density at radius 1 is 0.929 bits per heavy atom. The molecule has 0 aromatic rings. The molecule has 0 spiro atoms. The Kier molecular flexibility index (Phi) is 18.1. The number of carbonyl (C=O) groups is 2. The van der Waals surface area contributed by atoms with Gasteiger partial charge in [-0.15, -0.1) is 0 Å². The van der Waals surface area contributed by atoms with Crippen molar-refractivity contribution >= 4 is 11.9 Å². The fraction of sp³-hybridized carbons (Fsp3) is 0.826. The second-order valence-electron chi connectivity index (χ2n) is 8.07. The van der Waals surface area contributed by atoms with Gasteiger partial charge in [-0.3, -0.25) is 9.59 Å². The highest BCUT2D eigenvalue weighted by Crippen LogP contribution is 2.13. The van der Waals surface area contributed by atoms with Gasteiger partial charge in [-0.05, 0) is 46.3 Å². The minimum absolute atomic E-state index is 0.109. The molecule has 1 amide bonds. The summed E-state index contributed by atoms with van der Waals surface area (Å²) in [5.41, 5.74) is 0. The van der Waals surface area contributed by atoms with Gasteiger partial charge in [-0.25, -0.2) is 0 Å². The molecule has 0 radical (unpaired) electrons. The number of hydrogen-bond donors (Lipinski definition) is 2. The fourth-order valence-electron chi connectivity index (χ4n) is 3.20. The van der Waals surface area contributed by atoms with Gasteiger partial charge in [0.25, 0.3) is 0 Å². The number of hydrogen-bond acceptors (Lipinski definition) is 3. The van der Waals surface area contributed by atoms with Crippen LogP contribution in [-0.4, -0.2) is 49.1 Å². The quantitative estimate of drug-likeness (QED) is 0.238. The number of carboxylic acids is 1. The first kappa shape index (κ1) is 26.6. The lowest BCUT2D eigenvalue weighted by Gasteiger charge is -2.14. The van der Waals surface area contributed by atoms with Crippen LogP contribution < -0.4 is 5.32 Å². The van der Waals surface area contributed by atoms with E-state index in [1.54, 1.807) is 0 Å². The topological polar surface area (TPSA) is 69.6 Å². The largest absolute Gasteiger partial charge is 0.481 e. The van der Waals surface area contributed by atoms with E-state index in [1.165, 1.54) is 57.8 Å². The second kappa shape index (κ2) is 19.0. The van der Waals surface area contributed by atoms with Gasteiger partial charge in [-0.2, -0.15) is 0 Å². The molecule has 164 valence electrons. The number of carbonyl (C=O) groups excluding carboxylic acids is 1. The Balaban J connectivity index is 3.88. The molecule has 0 heterocycles. The van der Waals surface area contributed by atoms with E-state index in [1.807, 2.05) is 20.2 Å². The van der Waals surface area contributed by atoms with Gasteiger partial charge in [0.1, 0.15) is 0 Å². The molecule has 0 aliphatic rings. The van der Waals surface area contributed by atoms with Gasteiger partial charge in [0.15, 0.2) is 0 Å². The van der Waals surface area contributed by atoms with Gasteiger partial charge in [0.05, 0.1) is 12.3 Å². The first-order valence-electron chi connectivity index (χ1n) is 11.3. The minimum Gasteiger partial charge on any atom is -0.481 e. The summed E-state index contributed by atoms with van der Waals surface area (Å²) < 4.78 is 0. The highest BCUT2D eigenvalue weighted by atomic mass is 16.4. The number of aliphatic carboxylic acids is 1. The second-order valence-corrected chi connectivity index (χ2v) is 8.07. The van der Waals surface area contributed by atoms with Crippen LogP contribution in [0.1, 0.15) is 90.4 Å². The summed E-state index contributed by atoms with van der Waals surface area (Å²) in [6.45, 7) is 3.74. The molecule has 0 fully saturated rings. The third kappa shape index (κ3) is 18.0. The summed E-state index contributed by atoms with van der Waals surface area (Å²) in [6.07, 6.45) is 18.2. The molecule has 0 saturated carbocycles. The van der Waals surface area contributed by atoms with Crippen molar-refractivity contribution in [3.63, 3.8) is 0 Å². The molecule has 0 bridgehead atoms. The van der Waals surface area contributed by atoms with Crippen molar-refractivity contribution < 1.29 is 14.7 Å². The maximum atomic E-state index is 12.2. The van der Waals surface area contributed by atoms with Gasteiger partial charge in [0.2, 0.25) is 5.91 Å². The van der Waals surface area contributed by atoms with Crippen molar-refractivity contribution in [1.82, 2.24) is 10.2 Å². The smallest absolute Gasteiger partial charge is 0.304 e. The van der Waals surface area contributed by atoms with Crippen molar-refractivity contribution in [2.75, 3.05) is 27.2 Å². The number of nitrogens with zero attached hydrogens (tertiary/aromatic N) is 1. The van der Waals surface area contributed by atoms with E-state index < -0.39 is 11.9 Å². The zero-order valence-corrected chi connectivity index (χ0v) is 18.5. The van der Waals surface area contributed by atoms with Crippen molar-refractivity contribution in [2.24, 2.45) is 5.92 Å². The lowest BCUT2D eigenvalue weighted by atomic mass is 9.99. The van der Waals surface area contributed by atoms with E-state index in [-0.39, 0.29) is 12.3 Å². The Bertz CT molecular complexity index is 422. The van der Waals surface area contributed by atoms with E-state index >= 15 is 0 Å². The standard InChI is InChI=1S/C23H44N2O3/c1-4-5-6-7-8-9-10-11-12-13-14-15-17-21(20-22(26)27)23(28)24-18-16-19-25(2)3/h14-15,21H,4-13,16-20H2,1-3H3,(H,24,28)(H,26,27)/b15-14+. The molecule has 0 saturated heterocycles. The maximum absolute atomic E-state index is 12.2. The average molecular weight is 397 g/mol. The highest BCUT2D eigenvalue weighted by Gasteiger charge is 2.19. The molecule has 5 nitrogen and oxygen atoms in total. The molecule has 0 aliphatic heterocycles. The predicted octanol–water partition coefficient (Wildman–Crippen LogP) is 5.01. The van der Waals surface area contributed by atoms with Crippen LogP contribution in [0.2, 0.25) is 0 Å².